The summed E-state index contributed by atoms with van der Waals surface area (Å²) in [5, 5.41) is 9.90. The van der Waals surface area contributed by atoms with Gasteiger partial charge in [-0.15, -0.1) is 0 Å². The summed E-state index contributed by atoms with van der Waals surface area (Å²) in [7, 11) is 1.99. The quantitative estimate of drug-likeness (QED) is 0.564. The zero-order valence-electron chi connectivity index (χ0n) is 13.7. The van der Waals surface area contributed by atoms with E-state index in [0.717, 1.165) is 22.5 Å². The van der Waals surface area contributed by atoms with Gasteiger partial charge in [-0.05, 0) is 35.4 Å². The van der Waals surface area contributed by atoms with Gasteiger partial charge in [-0.25, -0.2) is 0 Å². The molecule has 25 heavy (non-hydrogen) atoms. The summed E-state index contributed by atoms with van der Waals surface area (Å²) in [6.45, 7) is 0. The van der Waals surface area contributed by atoms with E-state index in [4.69, 9.17) is 4.74 Å². The molecule has 0 atom stereocenters. The molecule has 0 saturated carbocycles. The van der Waals surface area contributed by atoms with Gasteiger partial charge in [0.15, 0.2) is 11.5 Å². The van der Waals surface area contributed by atoms with Crippen molar-refractivity contribution in [2.24, 2.45) is 0 Å². The predicted molar refractivity (Wildman–Crippen MR) is 96.5 cm³/mol. The van der Waals surface area contributed by atoms with Gasteiger partial charge in [0.05, 0.1) is 0 Å². The van der Waals surface area contributed by atoms with E-state index in [1.165, 1.54) is 6.07 Å². The topological polar surface area (TPSA) is 49.8 Å². The number of benzene rings is 3. The second kappa shape index (κ2) is 5.98. The van der Waals surface area contributed by atoms with Gasteiger partial charge in [-0.3, -0.25) is 4.79 Å². The number of anilines is 2. The molecule has 0 spiro atoms. The van der Waals surface area contributed by atoms with Crippen LogP contribution in [0.3, 0.4) is 0 Å². The zero-order chi connectivity index (χ0) is 17.4. The summed E-state index contributed by atoms with van der Waals surface area (Å²) in [6, 6.07) is 22.1. The summed E-state index contributed by atoms with van der Waals surface area (Å²) in [4.78, 5) is 15.1. The van der Waals surface area contributed by atoms with Crippen LogP contribution in [0.15, 0.2) is 72.8 Å². The Balaban J connectivity index is 1.80. The summed E-state index contributed by atoms with van der Waals surface area (Å²) in [6.07, 6.45) is 0. The molecule has 3 aromatic rings. The summed E-state index contributed by atoms with van der Waals surface area (Å²) < 4.78 is 5.53. The molecule has 3 aromatic carbocycles. The lowest BCUT2D eigenvalue weighted by Gasteiger charge is -2.34. The van der Waals surface area contributed by atoms with Crippen molar-refractivity contribution < 1.29 is 14.6 Å². The second-order valence-corrected chi connectivity index (χ2v) is 6.00. The number of carbonyl (C=O) groups excluding carboxylic acids is 1. The molecular formula is C21H17NO3. The van der Waals surface area contributed by atoms with Gasteiger partial charge in [-0.2, -0.15) is 0 Å². The molecule has 0 radical (unpaired) electrons. The molecule has 1 aliphatic rings. The standard InChI is InChI=1S/C21H17NO3/c1-22-16-10-4-2-8-14(16)20(15-9-3-5-11-17(15)22)21(24)25-19-13-7-6-12-18(19)23/h2-13,20,23H,1H3. The van der Waals surface area contributed by atoms with Crippen LogP contribution in [0.2, 0.25) is 0 Å². The largest absolute Gasteiger partial charge is 0.504 e. The second-order valence-electron chi connectivity index (χ2n) is 6.00. The first-order valence-electron chi connectivity index (χ1n) is 8.08. The summed E-state index contributed by atoms with van der Waals surface area (Å²) >= 11 is 0. The number of phenolic OH excluding ortho intramolecular Hbond substituents is 1. The van der Waals surface area contributed by atoms with E-state index in [0.29, 0.717) is 0 Å². The van der Waals surface area contributed by atoms with Gasteiger partial charge in [0.25, 0.3) is 0 Å². The minimum atomic E-state index is -0.539. The first-order valence-corrected chi connectivity index (χ1v) is 8.08. The monoisotopic (exact) mass is 331 g/mol. The number of nitrogens with zero attached hydrogens (tertiary/aromatic N) is 1. The Labute approximate surface area is 145 Å². The van der Waals surface area contributed by atoms with E-state index in [2.05, 4.69) is 4.90 Å². The lowest BCUT2D eigenvalue weighted by molar-refractivity contribution is -0.135. The minimum Gasteiger partial charge on any atom is -0.504 e. The van der Waals surface area contributed by atoms with Crippen LogP contribution in [-0.4, -0.2) is 18.1 Å². The molecule has 4 heteroatoms. The molecule has 4 nitrogen and oxygen atoms in total. The maximum atomic E-state index is 13.0. The van der Waals surface area contributed by atoms with Crippen LogP contribution in [0.4, 0.5) is 11.4 Å². The van der Waals surface area contributed by atoms with Gasteiger partial charge >= 0.3 is 5.97 Å². The number of para-hydroxylation sites is 4. The van der Waals surface area contributed by atoms with E-state index in [9.17, 15) is 9.90 Å². The Bertz CT molecular complexity index is 904. The van der Waals surface area contributed by atoms with Crippen molar-refractivity contribution in [3.63, 3.8) is 0 Å². The number of aromatic hydroxyl groups is 1. The Hall–Kier alpha value is -3.27. The molecule has 0 aliphatic carbocycles. The number of rotatable bonds is 2. The molecular weight excluding hydrogens is 314 g/mol. The SMILES string of the molecule is CN1c2ccccc2C(C(=O)Oc2ccccc2O)c2ccccc21. The number of carbonyl (C=O) groups is 1. The number of hydrogen-bond acceptors (Lipinski definition) is 4. The number of phenols is 1. The molecule has 1 heterocycles. The first-order chi connectivity index (χ1) is 12.2. The van der Waals surface area contributed by atoms with Crippen molar-refractivity contribution in [1.29, 1.82) is 0 Å². The third kappa shape index (κ3) is 2.52. The predicted octanol–water partition coefficient (Wildman–Crippen LogP) is 4.21. The van der Waals surface area contributed by atoms with Crippen LogP contribution < -0.4 is 9.64 Å². The Morgan fingerprint density at radius 2 is 1.40 bits per heavy atom. The van der Waals surface area contributed by atoms with Crippen molar-refractivity contribution in [3.05, 3.63) is 83.9 Å². The van der Waals surface area contributed by atoms with E-state index in [-0.39, 0.29) is 11.5 Å². The normalized spacial score (nSPS) is 13.1. The maximum absolute atomic E-state index is 13.0. The van der Waals surface area contributed by atoms with Crippen molar-refractivity contribution in [3.8, 4) is 11.5 Å². The van der Waals surface area contributed by atoms with Crippen molar-refractivity contribution >= 4 is 17.3 Å². The van der Waals surface area contributed by atoms with Crippen LogP contribution in [0, 0.1) is 0 Å². The molecule has 0 saturated heterocycles. The third-order valence-electron chi connectivity index (χ3n) is 4.53. The summed E-state index contributed by atoms with van der Waals surface area (Å²) in [5.74, 6) is -0.829. The Morgan fingerprint density at radius 3 is 2.00 bits per heavy atom. The molecule has 0 aromatic heterocycles. The average molecular weight is 331 g/mol. The van der Waals surface area contributed by atoms with Gasteiger partial charge in [0.1, 0.15) is 5.92 Å². The number of esters is 1. The number of ether oxygens (including phenoxy) is 1. The molecule has 4 rings (SSSR count). The molecule has 0 fully saturated rings. The number of hydrogen-bond donors (Lipinski definition) is 1. The summed E-state index contributed by atoms with van der Waals surface area (Å²) in [5.41, 5.74) is 3.73. The lowest BCUT2D eigenvalue weighted by Crippen LogP contribution is -2.28. The highest BCUT2D eigenvalue weighted by molar-refractivity contribution is 5.92. The third-order valence-corrected chi connectivity index (χ3v) is 4.53. The fourth-order valence-electron chi connectivity index (χ4n) is 3.34. The van der Waals surface area contributed by atoms with Gasteiger partial charge in [0.2, 0.25) is 0 Å². The molecule has 0 unspecified atom stereocenters. The van der Waals surface area contributed by atoms with E-state index in [1.54, 1.807) is 18.2 Å². The number of fused-ring (bicyclic) bond motifs is 2. The Kier molecular flexibility index (Phi) is 3.65. The first kappa shape index (κ1) is 15.3. The Morgan fingerprint density at radius 1 is 0.880 bits per heavy atom. The van der Waals surface area contributed by atoms with Crippen LogP contribution in [0.1, 0.15) is 17.0 Å². The molecule has 1 N–H and O–H groups in total. The maximum Gasteiger partial charge on any atom is 0.323 e. The fourth-order valence-corrected chi connectivity index (χ4v) is 3.34. The van der Waals surface area contributed by atoms with Crippen LogP contribution in [0.5, 0.6) is 11.5 Å². The smallest absolute Gasteiger partial charge is 0.323 e. The average Bonchev–Trinajstić information content (AvgIpc) is 2.64. The molecule has 0 bridgehead atoms. The highest BCUT2D eigenvalue weighted by Gasteiger charge is 2.34. The van der Waals surface area contributed by atoms with Crippen LogP contribution in [0.25, 0.3) is 0 Å². The minimum absolute atomic E-state index is 0.0506. The van der Waals surface area contributed by atoms with Crippen molar-refractivity contribution in [1.82, 2.24) is 0 Å². The van der Waals surface area contributed by atoms with Crippen LogP contribution in [-0.2, 0) is 4.79 Å². The highest BCUT2D eigenvalue weighted by Crippen LogP contribution is 2.45. The van der Waals surface area contributed by atoms with E-state index >= 15 is 0 Å². The molecule has 1 aliphatic heterocycles. The van der Waals surface area contributed by atoms with Crippen molar-refractivity contribution in [2.75, 3.05) is 11.9 Å². The van der Waals surface area contributed by atoms with E-state index in [1.807, 2.05) is 55.6 Å². The van der Waals surface area contributed by atoms with Gasteiger partial charge < -0.3 is 14.7 Å². The lowest BCUT2D eigenvalue weighted by atomic mass is 9.85. The molecule has 0 amide bonds. The van der Waals surface area contributed by atoms with Gasteiger partial charge in [-0.1, -0.05) is 48.5 Å². The highest BCUT2D eigenvalue weighted by atomic mass is 16.5. The van der Waals surface area contributed by atoms with Crippen LogP contribution >= 0.6 is 0 Å². The van der Waals surface area contributed by atoms with Crippen molar-refractivity contribution in [2.45, 2.75) is 5.92 Å². The molecule has 124 valence electrons. The zero-order valence-corrected chi connectivity index (χ0v) is 13.7. The van der Waals surface area contributed by atoms with E-state index < -0.39 is 11.9 Å². The van der Waals surface area contributed by atoms with Gasteiger partial charge in [0, 0.05) is 18.4 Å². The fraction of sp³-hybridized carbons (Fsp3) is 0.0952.